The van der Waals surface area contributed by atoms with Crippen LogP contribution in [-0.2, 0) is 17.1 Å². The van der Waals surface area contributed by atoms with Crippen molar-refractivity contribution in [1.82, 2.24) is 19.2 Å². The van der Waals surface area contributed by atoms with E-state index in [0.29, 0.717) is 13.1 Å². The number of sulfonamides is 1. The first kappa shape index (κ1) is 15.4. The van der Waals surface area contributed by atoms with Gasteiger partial charge in [-0.05, 0) is 13.8 Å². The molecule has 1 aliphatic heterocycles. The summed E-state index contributed by atoms with van der Waals surface area (Å²) in [6.45, 7) is 5.04. The molecule has 2 rings (SSSR count). The summed E-state index contributed by atoms with van der Waals surface area (Å²) >= 11 is 0. The van der Waals surface area contributed by atoms with Crippen molar-refractivity contribution in [2.75, 3.05) is 13.1 Å². The molecule has 2 heterocycles. The Morgan fingerprint density at radius 1 is 1.44 bits per heavy atom. The van der Waals surface area contributed by atoms with Crippen LogP contribution in [0.1, 0.15) is 13.8 Å². The van der Waals surface area contributed by atoms with Crippen molar-refractivity contribution in [1.29, 1.82) is 0 Å². The number of piperazine rings is 1. The highest BCUT2D eigenvalue weighted by molar-refractivity contribution is 7.89. The maximum Gasteiger partial charge on any atom is 0.262 e. The van der Waals surface area contributed by atoms with Crippen molar-refractivity contribution < 1.29 is 8.42 Å². The van der Waals surface area contributed by atoms with E-state index in [0.717, 1.165) is 0 Å². The molecule has 18 heavy (non-hydrogen) atoms. The highest BCUT2D eigenvalue weighted by Gasteiger charge is 2.34. The monoisotopic (exact) mass is 294 g/mol. The van der Waals surface area contributed by atoms with E-state index in [1.165, 1.54) is 16.8 Å². The number of aromatic nitrogens is 2. The molecule has 1 aliphatic rings. The molecule has 6 nitrogen and oxygen atoms in total. The molecule has 1 fully saturated rings. The minimum absolute atomic E-state index is 0. The highest BCUT2D eigenvalue weighted by atomic mass is 35.5. The van der Waals surface area contributed by atoms with Crippen molar-refractivity contribution in [2.45, 2.75) is 31.0 Å². The predicted octanol–water partition coefficient (Wildman–Crippen LogP) is 0.213. The second-order valence-electron chi connectivity index (χ2n) is 4.61. The molecule has 1 aromatic rings. The molecule has 1 N–H and O–H groups in total. The third-order valence-electron chi connectivity index (χ3n) is 2.96. The second-order valence-corrected chi connectivity index (χ2v) is 6.45. The van der Waals surface area contributed by atoms with Gasteiger partial charge >= 0.3 is 0 Å². The van der Waals surface area contributed by atoms with Crippen molar-refractivity contribution in [3.63, 3.8) is 0 Å². The lowest BCUT2D eigenvalue weighted by molar-refractivity contribution is 0.244. The molecule has 0 spiro atoms. The van der Waals surface area contributed by atoms with Crippen molar-refractivity contribution in [2.24, 2.45) is 7.05 Å². The lowest BCUT2D eigenvalue weighted by atomic mass is 10.2. The van der Waals surface area contributed by atoms with E-state index in [1.807, 2.05) is 13.8 Å². The van der Waals surface area contributed by atoms with Gasteiger partial charge in [0.05, 0.1) is 6.33 Å². The van der Waals surface area contributed by atoms with Gasteiger partial charge in [0.2, 0.25) is 0 Å². The largest absolute Gasteiger partial charge is 0.339 e. The number of nitrogens with zero attached hydrogens (tertiary/aromatic N) is 3. The van der Waals surface area contributed by atoms with Crippen molar-refractivity contribution in [3.8, 4) is 0 Å². The van der Waals surface area contributed by atoms with Crippen LogP contribution in [0.5, 0.6) is 0 Å². The number of rotatable bonds is 2. The number of aryl methyl sites for hydroxylation is 1. The zero-order chi connectivity index (χ0) is 12.6. The SMILES string of the molecule is CC1CN(S(=O)(=O)c2cn(C)cn2)C(C)CN1.Cl. The molecule has 8 heteroatoms. The maximum atomic E-state index is 12.4. The fourth-order valence-electron chi connectivity index (χ4n) is 1.97. The average Bonchev–Trinajstić information content (AvgIpc) is 2.69. The van der Waals surface area contributed by atoms with Crippen LogP contribution in [0.25, 0.3) is 0 Å². The lowest BCUT2D eigenvalue weighted by Crippen LogP contribution is -2.56. The van der Waals surface area contributed by atoms with E-state index in [4.69, 9.17) is 0 Å². The van der Waals surface area contributed by atoms with Crippen LogP contribution >= 0.6 is 12.4 Å². The molecule has 1 aromatic heterocycles. The van der Waals surface area contributed by atoms with Gasteiger partial charge in [0.1, 0.15) is 0 Å². The van der Waals surface area contributed by atoms with E-state index in [9.17, 15) is 8.42 Å². The van der Waals surface area contributed by atoms with Crippen molar-refractivity contribution >= 4 is 22.4 Å². The number of hydrogen-bond donors (Lipinski definition) is 1. The smallest absolute Gasteiger partial charge is 0.262 e. The Labute approximate surface area is 114 Å². The first-order chi connectivity index (χ1) is 7.91. The van der Waals surface area contributed by atoms with Crippen LogP contribution in [0.2, 0.25) is 0 Å². The molecule has 2 atom stereocenters. The third-order valence-corrected chi connectivity index (χ3v) is 4.83. The second kappa shape index (κ2) is 5.56. The summed E-state index contributed by atoms with van der Waals surface area (Å²) in [5, 5.41) is 3.38. The fraction of sp³-hybridized carbons (Fsp3) is 0.700. The Bertz CT molecular complexity index is 502. The summed E-state index contributed by atoms with van der Waals surface area (Å²) in [5.74, 6) is 0. The molecular formula is C10H19ClN4O2S. The summed E-state index contributed by atoms with van der Waals surface area (Å²) in [4.78, 5) is 3.94. The molecule has 0 bridgehead atoms. The minimum Gasteiger partial charge on any atom is -0.339 e. The summed E-state index contributed by atoms with van der Waals surface area (Å²) in [7, 11) is -1.70. The molecular weight excluding hydrogens is 276 g/mol. The molecule has 1 saturated heterocycles. The highest BCUT2D eigenvalue weighted by Crippen LogP contribution is 2.18. The van der Waals surface area contributed by atoms with Gasteiger partial charge in [-0.2, -0.15) is 4.31 Å². The number of hydrogen-bond acceptors (Lipinski definition) is 4. The third kappa shape index (κ3) is 2.85. The molecule has 104 valence electrons. The lowest BCUT2D eigenvalue weighted by Gasteiger charge is -2.35. The van der Waals surface area contributed by atoms with Gasteiger partial charge in [-0.15, -0.1) is 12.4 Å². The van der Waals surface area contributed by atoms with E-state index >= 15 is 0 Å². The van der Waals surface area contributed by atoms with Gasteiger partial charge < -0.3 is 9.88 Å². The van der Waals surface area contributed by atoms with Crippen LogP contribution in [0, 0.1) is 0 Å². The number of halogens is 1. The average molecular weight is 295 g/mol. The van der Waals surface area contributed by atoms with Crippen LogP contribution in [-0.4, -0.2) is 47.4 Å². The molecule has 0 radical (unpaired) electrons. The summed E-state index contributed by atoms with van der Waals surface area (Å²) in [5.41, 5.74) is 0. The van der Waals surface area contributed by atoms with Crippen LogP contribution in [0.3, 0.4) is 0 Å². The van der Waals surface area contributed by atoms with Gasteiger partial charge in [0, 0.05) is 38.4 Å². The zero-order valence-electron chi connectivity index (χ0n) is 10.7. The molecule has 0 aromatic carbocycles. The Kier molecular flexibility index (Phi) is 4.77. The molecule has 0 aliphatic carbocycles. The summed E-state index contributed by atoms with van der Waals surface area (Å²) < 4.78 is 27.9. The van der Waals surface area contributed by atoms with Gasteiger partial charge in [0.15, 0.2) is 5.03 Å². The van der Waals surface area contributed by atoms with Gasteiger partial charge in [0.25, 0.3) is 10.0 Å². The Morgan fingerprint density at radius 2 is 2.11 bits per heavy atom. The fourth-order valence-corrected chi connectivity index (χ4v) is 3.65. The van der Waals surface area contributed by atoms with Crippen LogP contribution in [0.15, 0.2) is 17.6 Å². The topological polar surface area (TPSA) is 67.2 Å². The van der Waals surface area contributed by atoms with E-state index in [2.05, 4.69) is 10.3 Å². The first-order valence-electron chi connectivity index (χ1n) is 5.64. The number of imidazole rings is 1. The van der Waals surface area contributed by atoms with Crippen LogP contribution < -0.4 is 5.32 Å². The summed E-state index contributed by atoms with van der Waals surface area (Å²) in [6.07, 6.45) is 3.04. The molecule has 0 saturated carbocycles. The molecule has 2 unspecified atom stereocenters. The van der Waals surface area contributed by atoms with Crippen molar-refractivity contribution in [3.05, 3.63) is 12.5 Å². The van der Waals surface area contributed by atoms with Gasteiger partial charge in [-0.3, -0.25) is 0 Å². The zero-order valence-corrected chi connectivity index (χ0v) is 12.3. The van der Waals surface area contributed by atoms with Crippen LogP contribution in [0.4, 0.5) is 0 Å². The molecule has 0 amide bonds. The normalized spacial score (nSPS) is 25.7. The summed E-state index contributed by atoms with van der Waals surface area (Å²) in [6, 6.07) is 0.128. The Balaban J connectivity index is 0.00000162. The predicted molar refractivity (Wildman–Crippen MR) is 71.3 cm³/mol. The Morgan fingerprint density at radius 3 is 2.67 bits per heavy atom. The van der Waals surface area contributed by atoms with E-state index < -0.39 is 10.0 Å². The minimum atomic E-state index is -3.46. The van der Waals surface area contributed by atoms with Gasteiger partial charge in [-0.1, -0.05) is 0 Å². The van der Waals surface area contributed by atoms with E-state index in [1.54, 1.807) is 11.6 Å². The standard InChI is InChI=1S/C10H18N4O2S.ClH/c1-8-5-14(9(2)4-11-8)17(15,16)10-6-13(3)7-12-10;/h6-9,11H,4-5H2,1-3H3;1H. The first-order valence-corrected chi connectivity index (χ1v) is 7.08. The quantitative estimate of drug-likeness (QED) is 0.847. The maximum absolute atomic E-state index is 12.4. The number of nitrogens with one attached hydrogen (secondary N) is 1. The van der Waals surface area contributed by atoms with Gasteiger partial charge in [-0.25, -0.2) is 13.4 Å². The Hall–Kier alpha value is -0.630. The van der Waals surface area contributed by atoms with E-state index in [-0.39, 0.29) is 29.5 Å².